The maximum absolute atomic E-state index is 12.2. The first-order valence-corrected chi connectivity index (χ1v) is 7.98. The molecule has 0 saturated carbocycles. The van der Waals surface area contributed by atoms with Crippen molar-refractivity contribution in [1.82, 2.24) is 14.5 Å². The number of hydrogen-bond donors (Lipinski definition) is 1. The van der Waals surface area contributed by atoms with Crippen LogP contribution in [0.5, 0.6) is 0 Å². The summed E-state index contributed by atoms with van der Waals surface area (Å²) in [5.74, 6) is -0.703. The minimum absolute atomic E-state index is 0.445. The normalized spacial score (nSPS) is 24.7. The molecule has 8 heteroatoms. The van der Waals surface area contributed by atoms with Crippen LogP contribution in [0.2, 0.25) is 0 Å². The Morgan fingerprint density at radius 2 is 1.84 bits per heavy atom. The third-order valence-electron chi connectivity index (χ3n) is 3.89. The Morgan fingerprint density at radius 3 is 2.26 bits per heavy atom. The summed E-state index contributed by atoms with van der Waals surface area (Å²) in [7, 11) is -2.39. The van der Waals surface area contributed by atoms with E-state index in [1.807, 2.05) is 0 Å². The van der Waals surface area contributed by atoms with Crippen LogP contribution in [0.1, 0.15) is 6.92 Å². The summed E-state index contributed by atoms with van der Waals surface area (Å²) in [6, 6.07) is 0.530. The lowest BCUT2D eigenvalue weighted by molar-refractivity contribution is -0.139. The zero-order valence-corrected chi connectivity index (χ0v) is 12.1. The van der Waals surface area contributed by atoms with Gasteiger partial charge in [0, 0.05) is 45.3 Å². The Kier molecular flexibility index (Phi) is 4.44. The minimum atomic E-state index is -3.59. The number of carbonyl (C=O) groups is 1. The van der Waals surface area contributed by atoms with Gasteiger partial charge in [-0.05, 0) is 6.92 Å². The number of piperazine rings is 1. The van der Waals surface area contributed by atoms with Crippen LogP contribution in [0, 0.1) is 0 Å². The van der Waals surface area contributed by atoms with Gasteiger partial charge in [0.1, 0.15) is 0 Å². The van der Waals surface area contributed by atoms with E-state index in [1.165, 1.54) is 18.3 Å². The Balaban J connectivity index is 1.94. The van der Waals surface area contributed by atoms with Crippen LogP contribution in [0.15, 0.2) is 0 Å². The molecule has 2 saturated heterocycles. The second-order valence-corrected chi connectivity index (χ2v) is 7.21. The molecule has 0 aromatic heterocycles. The molecule has 0 aromatic rings. The SMILES string of the molecule is COC(=O)C(C)S(=O)(=O)N1CCN(C2CNC2)CC1. The van der Waals surface area contributed by atoms with Gasteiger partial charge in [0.15, 0.2) is 5.25 Å². The summed E-state index contributed by atoms with van der Waals surface area (Å²) < 4.78 is 30.4. The van der Waals surface area contributed by atoms with E-state index >= 15 is 0 Å². The van der Waals surface area contributed by atoms with Crippen molar-refractivity contribution < 1.29 is 17.9 Å². The second-order valence-electron chi connectivity index (χ2n) is 4.96. The number of sulfonamides is 1. The van der Waals surface area contributed by atoms with E-state index in [0.29, 0.717) is 19.1 Å². The Bertz CT molecular complexity index is 427. The van der Waals surface area contributed by atoms with Crippen molar-refractivity contribution in [2.75, 3.05) is 46.4 Å². The molecule has 2 rings (SSSR count). The van der Waals surface area contributed by atoms with Gasteiger partial charge < -0.3 is 10.1 Å². The van der Waals surface area contributed by atoms with Crippen LogP contribution < -0.4 is 5.32 Å². The van der Waals surface area contributed by atoms with Gasteiger partial charge in [-0.2, -0.15) is 4.31 Å². The smallest absolute Gasteiger partial charge is 0.325 e. The number of methoxy groups -OCH3 is 1. The van der Waals surface area contributed by atoms with E-state index in [-0.39, 0.29) is 0 Å². The van der Waals surface area contributed by atoms with Crippen molar-refractivity contribution in [2.24, 2.45) is 0 Å². The maximum Gasteiger partial charge on any atom is 0.325 e. The minimum Gasteiger partial charge on any atom is -0.468 e. The van der Waals surface area contributed by atoms with Crippen molar-refractivity contribution in [3.8, 4) is 0 Å². The van der Waals surface area contributed by atoms with Gasteiger partial charge in [0.2, 0.25) is 10.0 Å². The molecule has 19 heavy (non-hydrogen) atoms. The van der Waals surface area contributed by atoms with Gasteiger partial charge in [-0.25, -0.2) is 8.42 Å². The zero-order valence-electron chi connectivity index (χ0n) is 11.3. The van der Waals surface area contributed by atoms with Gasteiger partial charge in [0.25, 0.3) is 0 Å². The Morgan fingerprint density at radius 1 is 1.26 bits per heavy atom. The van der Waals surface area contributed by atoms with E-state index in [0.717, 1.165) is 26.2 Å². The summed E-state index contributed by atoms with van der Waals surface area (Å²) in [4.78, 5) is 13.7. The number of nitrogens with one attached hydrogen (secondary N) is 1. The summed E-state index contributed by atoms with van der Waals surface area (Å²) in [6.07, 6.45) is 0. The van der Waals surface area contributed by atoms with Gasteiger partial charge in [0.05, 0.1) is 7.11 Å². The number of ether oxygens (including phenoxy) is 1. The fraction of sp³-hybridized carbons (Fsp3) is 0.909. The zero-order chi connectivity index (χ0) is 14.0. The first-order chi connectivity index (χ1) is 8.96. The van der Waals surface area contributed by atoms with Gasteiger partial charge in [-0.1, -0.05) is 0 Å². The molecule has 0 radical (unpaired) electrons. The van der Waals surface area contributed by atoms with Crippen LogP contribution in [0.3, 0.4) is 0 Å². The van der Waals surface area contributed by atoms with Crippen molar-refractivity contribution in [3.63, 3.8) is 0 Å². The molecule has 0 spiro atoms. The standard InChI is InChI=1S/C11H21N3O4S/c1-9(11(15)18-2)19(16,17)14-5-3-13(4-6-14)10-7-12-8-10/h9-10,12H,3-8H2,1-2H3. The van der Waals surface area contributed by atoms with Gasteiger partial charge in [-0.15, -0.1) is 0 Å². The first kappa shape index (κ1) is 14.7. The van der Waals surface area contributed by atoms with Crippen molar-refractivity contribution in [1.29, 1.82) is 0 Å². The third-order valence-corrected chi connectivity index (χ3v) is 6.06. The topological polar surface area (TPSA) is 79.0 Å². The predicted octanol–water partition coefficient (Wildman–Crippen LogP) is -1.53. The van der Waals surface area contributed by atoms with Crippen LogP contribution >= 0.6 is 0 Å². The van der Waals surface area contributed by atoms with Crippen LogP contribution in [0.4, 0.5) is 0 Å². The lowest BCUT2D eigenvalue weighted by Gasteiger charge is -2.43. The Hall–Kier alpha value is -0.700. The molecule has 1 atom stereocenters. The van der Waals surface area contributed by atoms with Crippen LogP contribution in [-0.4, -0.2) is 81.3 Å². The molecule has 2 aliphatic heterocycles. The highest BCUT2D eigenvalue weighted by atomic mass is 32.2. The molecule has 2 aliphatic rings. The molecule has 0 aromatic carbocycles. The highest BCUT2D eigenvalue weighted by Crippen LogP contribution is 2.16. The molecule has 0 bridgehead atoms. The number of rotatable bonds is 4. The number of esters is 1. The molecule has 2 fully saturated rings. The highest BCUT2D eigenvalue weighted by molar-refractivity contribution is 7.90. The fourth-order valence-corrected chi connectivity index (χ4v) is 3.82. The lowest BCUT2D eigenvalue weighted by Crippen LogP contribution is -2.62. The van der Waals surface area contributed by atoms with E-state index in [1.54, 1.807) is 0 Å². The number of carbonyl (C=O) groups excluding carboxylic acids is 1. The van der Waals surface area contributed by atoms with Crippen molar-refractivity contribution >= 4 is 16.0 Å². The van der Waals surface area contributed by atoms with E-state index in [9.17, 15) is 13.2 Å². The van der Waals surface area contributed by atoms with Crippen molar-refractivity contribution in [2.45, 2.75) is 18.2 Å². The monoisotopic (exact) mass is 291 g/mol. The molecule has 0 aliphatic carbocycles. The molecule has 0 amide bonds. The predicted molar refractivity (Wildman–Crippen MR) is 70.2 cm³/mol. The molecular weight excluding hydrogens is 270 g/mol. The summed E-state index contributed by atoms with van der Waals surface area (Å²) in [6.45, 7) is 5.67. The highest BCUT2D eigenvalue weighted by Gasteiger charge is 2.37. The average Bonchev–Trinajstić information content (AvgIpc) is 2.35. The summed E-state index contributed by atoms with van der Waals surface area (Å²) in [5, 5.41) is 2.08. The maximum atomic E-state index is 12.2. The Labute approximate surface area is 113 Å². The van der Waals surface area contributed by atoms with Crippen molar-refractivity contribution in [3.05, 3.63) is 0 Å². The molecule has 1 N–H and O–H groups in total. The van der Waals surface area contributed by atoms with E-state index in [4.69, 9.17) is 0 Å². The van der Waals surface area contributed by atoms with Crippen LogP contribution in [0.25, 0.3) is 0 Å². The van der Waals surface area contributed by atoms with Gasteiger partial charge >= 0.3 is 5.97 Å². The molecule has 110 valence electrons. The van der Waals surface area contributed by atoms with E-state index < -0.39 is 21.2 Å². The molecule has 2 heterocycles. The third kappa shape index (κ3) is 2.91. The van der Waals surface area contributed by atoms with Crippen LogP contribution in [-0.2, 0) is 19.6 Å². The fourth-order valence-electron chi connectivity index (χ4n) is 2.37. The second kappa shape index (κ2) is 5.74. The van der Waals surface area contributed by atoms with Gasteiger partial charge in [-0.3, -0.25) is 9.69 Å². The summed E-state index contributed by atoms with van der Waals surface area (Å²) in [5.41, 5.74) is 0. The summed E-state index contributed by atoms with van der Waals surface area (Å²) >= 11 is 0. The molecule has 1 unspecified atom stereocenters. The number of nitrogens with zero attached hydrogens (tertiary/aromatic N) is 2. The van der Waals surface area contributed by atoms with E-state index in [2.05, 4.69) is 15.0 Å². The molecular formula is C11H21N3O4S. The number of hydrogen-bond acceptors (Lipinski definition) is 6. The largest absolute Gasteiger partial charge is 0.468 e. The average molecular weight is 291 g/mol. The quantitative estimate of drug-likeness (QED) is 0.633. The molecule has 7 nitrogen and oxygen atoms in total. The first-order valence-electron chi connectivity index (χ1n) is 6.48. The lowest BCUT2D eigenvalue weighted by atomic mass is 10.1.